The number of hydrogen-bond acceptors (Lipinski definition) is 6. The molecule has 0 aliphatic heterocycles. The van der Waals surface area contributed by atoms with E-state index in [9.17, 15) is 9.90 Å². The van der Waals surface area contributed by atoms with Gasteiger partial charge in [-0.3, -0.25) is 0 Å². The number of ether oxygens (including phenoxy) is 1. The highest BCUT2D eigenvalue weighted by Crippen LogP contribution is 2.35. The van der Waals surface area contributed by atoms with Crippen molar-refractivity contribution in [2.24, 2.45) is 0 Å². The van der Waals surface area contributed by atoms with E-state index >= 15 is 0 Å². The van der Waals surface area contributed by atoms with Crippen molar-refractivity contribution in [2.75, 3.05) is 0 Å². The lowest BCUT2D eigenvalue weighted by atomic mass is 10.3. The Morgan fingerprint density at radius 3 is 3.05 bits per heavy atom. The molecule has 0 amide bonds. The number of hydrogen-bond donors (Lipinski definition) is 1. The molecule has 1 fully saturated rings. The zero-order chi connectivity index (χ0) is 14.8. The molecule has 1 N–H and O–H groups in total. The Balaban J connectivity index is 1.74. The number of aryl methyl sites for hydroxylation is 1. The third-order valence-electron chi connectivity index (χ3n) is 3.25. The highest BCUT2D eigenvalue weighted by atomic mass is 32.1. The molecule has 0 spiro atoms. The van der Waals surface area contributed by atoms with Crippen LogP contribution in [0.1, 0.15) is 52.6 Å². The lowest BCUT2D eigenvalue weighted by molar-refractivity contribution is 0.0697. The number of carboxylic acid groups (broad SMARTS) is 1. The molecular formula is C13H16N4O3S. The van der Waals surface area contributed by atoms with E-state index in [0.717, 1.165) is 30.6 Å². The summed E-state index contributed by atoms with van der Waals surface area (Å²) in [6.07, 6.45) is 3.99. The Hall–Kier alpha value is -1.96. The first kappa shape index (κ1) is 14.0. The number of aromatic nitrogens is 4. The van der Waals surface area contributed by atoms with Crippen molar-refractivity contribution in [2.45, 2.75) is 45.3 Å². The molecule has 1 aliphatic carbocycles. The molecule has 0 saturated heterocycles. The van der Waals surface area contributed by atoms with Gasteiger partial charge in [0.1, 0.15) is 12.4 Å². The van der Waals surface area contributed by atoms with E-state index in [1.54, 1.807) is 4.68 Å². The maximum absolute atomic E-state index is 11.3. The van der Waals surface area contributed by atoms with Crippen LogP contribution >= 0.6 is 11.3 Å². The van der Waals surface area contributed by atoms with Crippen LogP contribution in [-0.4, -0.2) is 31.3 Å². The van der Waals surface area contributed by atoms with E-state index in [1.165, 1.54) is 11.3 Å². The van der Waals surface area contributed by atoms with Crippen molar-refractivity contribution in [1.29, 1.82) is 0 Å². The van der Waals surface area contributed by atoms with Gasteiger partial charge in [-0.25, -0.2) is 9.48 Å². The minimum atomic E-state index is -0.959. The molecule has 21 heavy (non-hydrogen) atoms. The van der Waals surface area contributed by atoms with Gasteiger partial charge in [-0.15, -0.1) is 16.4 Å². The summed E-state index contributed by atoms with van der Waals surface area (Å²) in [5.74, 6) is 0.0810. The molecule has 0 atom stereocenters. The number of rotatable bonds is 7. The second kappa shape index (κ2) is 5.80. The van der Waals surface area contributed by atoms with Gasteiger partial charge in [0.15, 0.2) is 10.7 Å². The van der Waals surface area contributed by atoms with E-state index in [2.05, 4.69) is 22.4 Å². The first-order valence-corrected chi connectivity index (χ1v) is 7.76. The van der Waals surface area contributed by atoms with Gasteiger partial charge in [0.05, 0.1) is 6.04 Å². The normalized spacial score (nSPS) is 14.3. The van der Waals surface area contributed by atoms with Crippen LogP contribution in [0, 0.1) is 0 Å². The Morgan fingerprint density at radius 1 is 1.57 bits per heavy atom. The molecule has 2 aromatic rings. The average Bonchev–Trinajstić information content (AvgIpc) is 3.04. The molecular weight excluding hydrogens is 292 g/mol. The van der Waals surface area contributed by atoms with Crippen molar-refractivity contribution >= 4 is 17.3 Å². The zero-order valence-electron chi connectivity index (χ0n) is 11.7. The fraction of sp³-hybridized carbons (Fsp3) is 0.538. The Kier molecular flexibility index (Phi) is 3.87. The molecule has 1 saturated carbocycles. The van der Waals surface area contributed by atoms with Crippen LogP contribution in [0.3, 0.4) is 0 Å². The predicted octanol–water partition coefficient (Wildman–Crippen LogP) is 2.30. The van der Waals surface area contributed by atoms with Crippen molar-refractivity contribution < 1.29 is 14.6 Å². The van der Waals surface area contributed by atoms with Crippen LogP contribution in [-0.2, 0) is 13.0 Å². The first-order chi connectivity index (χ1) is 10.2. The van der Waals surface area contributed by atoms with E-state index in [4.69, 9.17) is 4.74 Å². The number of tetrazole rings is 1. The summed E-state index contributed by atoms with van der Waals surface area (Å²) in [6.45, 7) is 2.25. The largest absolute Gasteiger partial charge is 0.484 e. The maximum atomic E-state index is 11.3. The number of carboxylic acids is 1. The molecule has 8 heteroatoms. The molecule has 0 bridgehead atoms. The Morgan fingerprint density at radius 2 is 2.38 bits per heavy atom. The third kappa shape index (κ3) is 3.05. The highest BCUT2D eigenvalue weighted by molar-refractivity contribution is 7.14. The van der Waals surface area contributed by atoms with E-state index in [1.807, 2.05) is 6.07 Å². The topological polar surface area (TPSA) is 90.1 Å². The molecule has 112 valence electrons. The lowest BCUT2D eigenvalue weighted by Crippen LogP contribution is -2.08. The Labute approximate surface area is 125 Å². The van der Waals surface area contributed by atoms with Crippen molar-refractivity contribution in [3.8, 4) is 5.75 Å². The standard InChI is InChI=1S/C13H16N4O3S/c1-2-3-9-6-10(12(21-9)13(18)19)20-7-11-14-15-16-17(11)8-4-5-8/h6,8H,2-5,7H2,1H3,(H,18,19). The van der Waals surface area contributed by atoms with Crippen molar-refractivity contribution in [1.82, 2.24) is 20.2 Å². The van der Waals surface area contributed by atoms with Gasteiger partial charge >= 0.3 is 5.97 Å². The number of nitrogens with zero attached hydrogens (tertiary/aromatic N) is 4. The van der Waals surface area contributed by atoms with Crippen LogP contribution in [0.2, 0.25) is 0 Å². The molecule has 0 unspecified atom stereocenters. The van der Waals surface area contributed by atoms with Crippen LogP contribution in [0.5, 0.6) is 5.75 Å². The van der Waals surface area contributed by atoms with Crippen LogP contribution in [0.4, 0.5) is 0 Å². The van der Waals surface area contributed by atoms with E-state index in [-0.39, 0.29) is 11.5 Å². The van der Waals surface area contributed by atoms with Gasteiger partial charge in [-0.05, 0) is 35.8 Å². The third-order valence-corrected chi connectivity index (χ3v) is 4.41. The second-order valence-corrected chi connectivity index (χ2v) is 6.16. The first-order valence-electron chi connectivity index (χ1n) is 6.94. The van der Waals surface area contributed by atoms with Gasteiger partial charge in [0, 0.05) is 4.88 Å². The SMILES string of the molecule is CCCc1cc(OCc2nnnn2C2CC2)c(C(=O)O)s1. The fourth-order valence-electron chi connectivity index (χ4n) is 2.10. The van der Waals surface area contributed by atoms with Gasteiger partial charge in [0.25, 0.3) is 0 Å². The second-order valence-electron chi connectivity index (χ2n) is 5.02. The average molecular weight is 308 g/mol. The number of aromatic carboxylic acids is 1. The Bertz CT molecular complexity index is 648. The maximum Gasteiger partial charge on any atom is 0.349 e. The van der Waals surface area contributed by atoms with Gasteiger partial charge in [-0.1, -0.05) is 13.3 Å². The van der Waals surface area contributed by atoms with Crippen molar-refractivity contribution in [3.63, 3.8) is 0 Å². The summed E-state index contributed by atoms with van der Waals surface area (Å²) < 4.78 is 7.42. The lowest BCUT2D eigenvalue weighted by Gasteiger charge is -2.05. The molecule has 2 aromatic heterocycles. The van der Waals surface area contributed by atoms with Crippen LogP contribution in [0.15, 0.2) is 6.07 Å². The smallest absolute Gasteiger partial charge is 0.349 e. The highest BCUT2D eigenvalue weighted by Gasteiger charge is 2.28. The molecule has 1 aliphatic rings. The molecule has 7 nitrogen and oxygen atoms in total. The van der Waals surface area contributed by atoms with Gasteiger partial charge < -0.3 is 9.84 Å². The van der Waals surface area contributed by atoms with Crippen LogP contribution in [0.25, 0.3) is 0 Å². The summed E-state index contributed by atoms with van der Waals surface area (Å²) in [5.41, 5.74) is 0. The fourth-order valence-corrected chi connectivity index (χ4v) is 3.14. The summed E-state index contributed by atoms with van der Waals surface area (Å²) >= 11 is 1.27. The number of carbonyl (C=O) groups is 1. The van der Waals surface area contributed by atoms with Crippen LogP contribution < -0.4 is 4.74 Å². The molecule has 0 radical (unpaired) electrons. The molecule has 2 heterocycles. The van der Waals surface area contributed by atoms with E-state index < -0.39 is 5.97 Å². The summed E-state index contributed by atoms with van der Waals surface area (Å²) in [4.78, 5) is 12.5. The minimum Gasteiger partial charge on any atom is -0.484 e. The minimum absolute atomic E-state index is 0.187. The number of thiophene rings is 1. The van der Waals surface area contributed by atoms with Gasteiger partial charge in [-0.2, -0.15) is 0 Å². The zero-order valence-corrected chi connectivity index (χ0v) is 12.5. The summed E-state index contributed by atoms with van der Waals surface area (Å²) in [7, 11) is 0. The predicted molar refractivity (Wildman–Crippen MR) is 75.7 cm³/mol. The quantitative estimate of drug-likeness (QED) is 0.844. The molecule has 0 aromatic carbocycles. The van der Waals surface area contributed by atoms with E-state index in [0.29, 0.717) is 17.6 Å². The molecule has 3 rings (SSSR count). The summed E-state index contributed by atoms with van der Waals surface area (Å²) in [6, 6.07) is 2.18. The van der Waals surface area contributed by atoms with Gasteiger partial charge in [0.2, 0.25) is 0 Å². The summed E-state index contributed by atoms with van der Waals surface area (Å²) in [5, 5.41) is 20.8. The van der Waals surface area contributed by atoms with Crippen molar-refractivity contribution in [3.05, 3.63) is 21.6 Å². The monoisotopic (exact) mass is 308 g/mol.